The molecule has 0 saturated heterocycles. The third-order valence-corrected chi connectivity index (χ3v) is 3.35. The zero-order valence-corrected chi connectivity index (χ0v) is 12.6. The van der Waals surface area contributed by atoms with Crippen molar-refractivity contribution in [1.82, 2.24) is 29.7 Å². The molecular weight excluding hydrogens is 304 g/mol. The van der Waals surface area contributed by atoms with Gasteiger partial charge in [-0.1, -0.05) is 12.1 Å². The molecule has 8 heteroatoms. The van der Waals surface area contributed by atoms with E-state index in [0.29, 0.717) is 23.8 Å². The van der Waals surface area contributed by atoms with Crippen molar-refractivity contribution in [3.63, 3.8) is 0 Å². The SMILES string of the molecule is c1ccc(-n2ncc3c(N=NCc4cccnc4)ncnc32)nc1. The first-order valence-electron chi connectivity index (χ1n) is 7.28. The zero-order chi connectivity index (χ0) is 16.2. The summed E-state index contributed by atoms with van der Waals surface area (Å²) < 4.78 is 1.65. The number of rotatable bonds is 4. The number of pyridine rings is 2. The van der Waals surface area contributed by atoms with Gasteiger partial charge in [0, 0.05) is 18.6 Å². The van der Waals surface area contributed by atoms with Crippen LogP contribution in [0.3, 0.4) is 0 Å². The molecule has 0 radical (unpaired) electrons. The average molecular weight is 316 g/mol. The van der Waals surface area contributed by atoms with Crippen LogP contribution in [0.5, 0.6) is 0 Å². The van der Waals surface area contributed by atoms with Crippen LogP contribution in [0.2, 0.25) is 0 Å². The summed E-state index contributed by atoms with van der Waals surface area (Å²) in [4.78, 5) is 16.8. The lowest BCUT2D eigenvalue weighted by molar-refractivity contribution is 0.861. The number of azo groups is 1. The quantitative estimate of drug-likeness (QED) is 0.540. The van der Waals surface area contributed by atoms with Gasteiger partial charge in [-0.05, 0) is 23.8 Å². The molecule has 0 unspecified atom stereocenters. The molecule has 4 aromatic rings. The molecule has 0 amide bonds. The molecule has 4 rings (SSSR count). The molecule has 0 aromatic carbocycles. The highest BCUT2D eigenvalue weighted by Crippen LogP contribution is 2.23. The van der Waals surface area contributed by atoms with E-state index >= 15 is 0 Å². The Morgan fingerprint density at radius 1 is 0.958 bits per heavy atom. The van der Waals surface area contributed by atoms with Crippen LogP contribution in [0.15, 0.2) is 71.7 Å². The molecular formula is C16H12N8. The molecule has 8 nitrogen and oxygen atoms in total. The molecule has 0 fully saturated rings. The van der Waals surface area contributed by atoms with E-state index in [9.17, 15) is 0 Å². The predicted octanol–water partition coefficient (Wildman–Crippen LogP) is 2.89. The van der Waals surface area contributed by atoms with Crippen LogP contribution in [-0.2, 0) is 6.54 Å². The van der Waals surface area contributed by atoms with Crippen LogP contribution in [0, 0.1) is 0 Å². The minimum absolute atomic E-state index is 0.438. The number of hydrogen-bond donors (Lipinski definition) is 0. The predicted molar refractivity (Wildman–Crippen MR) is 86.9 cm³/mol. The minimum Gasteiger partial charge on any atom is -0.264 e. The van der Waals surface area contributed by atoms with Crippen LogP contribution < -0.4 is 0 Å². The lowest BCUT2D eigenvalue weighted by Gasteiger charge is -2.00. The molecule has 0 aliphatic rings. The van der Waals surface area contributed by atoms with Gasteiger partial charge in [-0.2, -0.15) is 14.9 Å². The van der Waals surface area contributed by atoms with Gasteiger partial charge in [-0.15, -0.1) is 5.11 Å². The van der Waals surface area contributed by atoms with Crippen LogP contribution >= 0.6 is 0 Å². The van der Waals surface area contributed by atoms with Gasteiger partial charge in [-0.3, -0.25) is 4.98 Å². The van der Waals surface area contributed by atoms with E-state index in [1.165, 1.54) is 6.33 Å². The lowest BCUT2D eigenvalue weighted by atomic mass is 10.3. The third kappa shape index (κ3) is 2.72. The molecule has 0 spiro atoms. The number of aromatic nitrogens is 6. The maximum atomic E-state index is 4.33. The van der Waals surface area contributed by atoms with Gasteiger partial charge in [0.05, 0.1) is 18.1 Å². The van der Waals surface area contributed by atoms with Gasteiger partial charge in [0.2, 0.25) is 0 Å². The van der Waals surface area contributed by atoms with Gasteiger partial charge in [0.25, 0.3) is 0 Å². The Kier molecular flexibility index (Phi) is 3.69. The molecule has 0 aliphatic carbocycles. The minimum atomic E-state index is 0.438. The molecule has 24 heavy (non-hydrogen) atoms. The largest absolute Gasteiger partial charge is 0.264 e. The summed E-state index contributed by atoms with van der Waals surface area (Å²) in [6.07, 6.45) is 8.30. The standard InChI is InChI=1S/C16H12N8/c1-2-7-18-14(5-1)24-16-13(10-22-24)15(19-11-20-16)23-21-9-12-4-3-6-17-8-12/h1-8,10-11H,9H2. The molecule has 116 valence electrons. The first-order chi connectivity index (χ1) is 11.9. The lowest BCUT2D eigenvalue weighted by Crippen LogP contribution is -1.99. The molecule has 0 bridgehead atoms. The second kappa shape index (κ2) is 6.29. The molecule has 0 aliphatic heterocycles. The van der Waals surface area contributed by atoms with E-state index in [0.717, 1.165) is 10.9 Å². The van der Waals surface area contributed by atoms with Crippen molar-refractivity contribution in [3.8, 4) is 5.82 Å². The Morgan fingerprint density at radius 3 is 2.79 bits per heavy atom. The molecule has 4 heterocycles. The fourth-order valence-corrected chi connectivity index (χ4v) is 2.23. The summed E-state index contributed by atoms with van der Waals surface area (Å²) in [6, 6.07) is 9.41. The first kappa shape index (κ1) is 14.1. The van der Waals surface area contributed by atoms with E-state index in [2.05, 4.69) is 35.3 Å². The van der Waals surface area contributed by atoms with Crippen LogP contribution in [0.25, 0.3) is 16.9 Å². The van der Waals surface area contributed by atoms with Crippen molar-refractivity contribution >= 4 is 16.9 Å². The highest BCUT2D eigenvalue weighted by molar-refractivity contribution is 5.85. The van der Waals surface area contributed by atoms with E-state index in [-0.39, 0.29) is 0 Å². The van der Waals surface area contributed by atoms with Crippen molar-refractivity contribution in [1.29, 1.82) is 0 Å². The number of fused-ring (bicyclic) bond motifs is 1. The maximum absolute atomic E-state index is 4.33. The molecule has 4 aromatic heterocycles. The Hall–Kier alpha value is -3.55. The topological polar surface area (TPSA) is 94.1 Å². The van der Waals surface area contributed by atoms with Crippen molar-refractivity contribution in [3.05, 3.63) is 67.0 Å². The Morgan fingerprint density at radius 2 is 1.96 bits per heavy atom. The van der Waals surface area contributed by atoms with Crippen molar-refractivity contribution < 1.29 is 0 Å². The Balaban J connectivity index is 1.66. The first-order valence-corrected chi connectivity index (χ1v) is 7.28. The summed E-state index contributed by atoms with van der Waals surface area (Å²) in [5.41, 5.74) is 1.62. The van der Waals surface area contributed by atoms with Gasteiger partial charge >= 0.3 is 0 Å². The van der Waals surface area contributed by atoms with Crippen LogP contribution in [-0.4, -0.2) is 29.7 Å². The zero-order valence-electron chi connectivity index (χ0n) is 12.6. The fourth-order valence-electron chi connectivity index (χ4n) is 2.23. The highest BCUT2D eigenvalue weighted by Gasteiger charge is 2.11. The monoisotopic (exact) mass is 316 g/mol. The third-order valence-electron chi connectivity index (χ3n) is 3.35. The van der Waals surface area contributed by atoms with Gasteiger partial charge in [-0.25, -0.2) is 15.0 Å². The van der Waals surface area contributed by atoms with Crippen molar-refractivity contribution in [2.75, 3.05) is 0 Å². The summed E-state index contributed by atoms with van der Waals surface area (Å²) in [7, 11) is 0. The smallest absolute Gasteiger partial charge is 0.188 e. The van der Waals surface area contributed by atoms with E-state index in [1.807, 2.05) is 30.3 Å². The average Bonchev–Trinajstić information content (AvgIpc) is 3.08. The van der Waals surface area contributed by atoms with E-state index in [1.54, 1.807) is 29.5 Å². The van der Waals surface area contributed by atoms with E-state index in [4.69, 9.17) is 0 Å². The Labute approximate surface area is 137 Å². The summed E-state index contributed by atoms with van der Waals surface area (Å²) in [5.74, 6) is 1.16. The summed E-state index contributed by atoms with van der Waals surface area (Å²) in [5, 5.41) is 13.4. The second-order valence-corrected chi connectivity index (χ2v) is 4.94. The van der Waals surface area contributed by atoms with Gasteiger partial charge in [0.15, 0.2) is 17.3 Å². The molecule has 0 atom stereocenters. The van der Waals surface area contributed by atoms with Crippen molar-refractivity contribution in [2.24, 2.45) is 10.2 Å². The second-order valence-electron chi connectivity index (χ2n) is 4.94. The Bertz CT molecular complexity index is 979. The fraction of sp³-hybridized carbons (Fsp3) is 0.0625. The van der Waals surface area contributed by atoms with Crippen LogP contribution in [0.4, 0.5) is 5.82 Å². The normalized spacial score (nSPS) is 11.3. The summed E-state index contributed by atoms with van der Waals surface area (Å²) in [6.45, 7) is 0.438. The highest BCUT2D eigenvalue weighted by atomic mass is 15.3. The van der Waals surface area contributed by atoms with Gasteiger partial charge < -0.3 is 0 Å². The van der Waals surface area contributed by atoms with Crippen LogP contribution in [0.1, 0.15) is 5.56 Å². The molecule has 0 saturated carbocycles. The molecule has 0 N–H and O–H groups in total. The summed E-state index contributed by atoms with van der Waals surface area (Å²) >= 11 is 0. The maximum Gasteiger partial charge on any atom is 0.188 e. The van der Waals surface area contributed by atoms with E-state index < -0.39 is 0 Å². The number of hydrogen-bond acceptors (Lipinski definition) is 7. The van der Waals surface area contributed by atoms with Crippen molar-refractivity contribution in [2.45, 2.75) is 6.54 Å². The number of nitrogens with zero attached hydrogens (tertiary/aromatic N) is 8. The van der Waals surface area contributed by atoms with Gasteiger partial charge in [0.1, 0.15) is 6.33 Å².